The van der Waals surface area contributed by atoms with Crippen LogP contribution in [0.15, 0.2) is 24.3 Å². The van der Waals surface area contributed by atoms with E-state index in [4.69, 9.17) is 4.74 Å². The third-order valence-electron chi connectivity index (χ3n) is 5.53. The first-order chi connectivity index (χ1) is 14.2. The number of sulfonamides is 1. The van der Waals surface area contributed by atoms with Crippen molar-refractivity contribution in [3.63, 3.8) is 0 Å². The van der Waals surface area contributed by atoms with Crippen LogP contribution < -0.4 is 0 Å². The van der Waals surface area contributed by atoms with Gasteiger partial charge in [0.15, 0.2) is 0 Å². The standard InChI is InChI=1S/C21H25FN2O5S/c1-4-30(27,28)24-9-7-23(8-10-24)21(26)20-14(2)16(12-19(25)29-3)11-15-5-6-17(22)13-18(15)20/h5-6,11,13H,4,7-10,12H2,1-3H3. The Morgan fingerprint density at radius 3 is 2.40 bits per heavy atom. The molecule has 0 unspecified atom stereocenters. The third-order valence-corrected chi connectivity index (χ3v) is 7.41. The molecule has 162 valence electrons. The van der Waals surface area contributed by atoms with Crippen LogP contribution in [-0.2, 0) is 26.0 Å². The van der Waals surface area contributed by atoms with Crippen LogP contribution in [0.1, 0.15) is 28.4 Å². The monoisotopic (exact) mass is 436 g/mol. The lowest BCUT2D eigenvalue weighted by atomic mass is 9.92. The summed E-state index contributed by atoms with van der Waals surface area (Å²) >= 11 is 0. The van der Waals surface area contributed by atoms with Crippen LogP contribution in [-0.4, -0.2) is 68.5 Å². The molecule has 0 radical (unpaired) electrons. The number of rotatable bonds is 5. The number of benzene rings is 2. The van der Waals surface area contributed by atoms with Crippen molar-refractivity contribution in [3.8, 4) is 0 Å². The highest BCUT2D eigenvalue weighted by Crippen LogP contribution is 2.29. The maximum Gasteiger partial charge on any atom is 0.309 e. The molecule has 0 atom stereocenters. The summed E-state index contributed by atoms with van der Waals surface area (Å²) in [5.74, 6) is -1.19. The van der Waals surface area contributed by atoms with Gasteiger partial charge >= 0.3 is 5.97 Å². The SMILES string of the molecule is CCS(=O)(=O)N1CCN(C(=O)c2c(C)c(CC(=O)OC)cc3ccc(F)cc23)CC1. The number of fused-ring (bicyclic) bond motifs is 1. The number of esters is 1. The van der Waals surface area contributed by atoms with Crippen molar-refractivity contribution >= 4 is 32.7 Å². The van der Waals surface area contributed by atoms with Gasteiger partial charge in [-0.05, 0) is 47.9 Å². The first-order valence-electron chi connectivity index (χ1n) is 9.73. The van der Waals surface area contributed by atoms with Gasteiger partial charge < -0.3 is 9.64 Å². The smallest absolute Gasteiger partial charge is 0.309 e. The van der Waals surface area contributed by atoms with Gasteiger partial charge in [0.1, 0.15) is 5.82 Å². The molecule has 0 spiro atoms. The maximum atomic E-state index is 14.0. The van der Waals surface area contributed by atoms with Crippen LogP contribution in [0.3, 0.4) is 0 Å². The molecule has 1 fully saturated rings. The molecule has 2 aromatic rings. The summed E-state index contributed by atoms with van der Waals surface area (Å²) in [5.41, 5.74) is 1.56. The van der Waals surface area contributed by atoms with Crippen molar-refractivity contribution in [2.24, 2.45) is 0 Å². The Hall–Kier alpha value is -2.52. The number of carbonyl (C=O) groups excluding carboxylic acids is 2. The average Bonchev–Trinajstić information content (AvgIpc) is 2.74. The van der Waals surface area contributed by atoms with Crippen LogP contribution in [0.25, 0.3) is 10.8 Å². The molecule has 9 heteroatoms. The van der Waals surface area contributed by atoms with E-state index in [1.54, 1.807) is 30.9 Å². The minimum atomic E-state index is -3.31. The zero-order chi connectivity index (χ0) is 22.1. The Morgan fingerprint density at radius 2 is 1.80 bits per heavy atom. The molecule has 1 saturated heterocycles. The van der Waals surface area contributed by atoms with Crippen LogP contribution in [0.4, 0.5) is 4.39 Å². The lowest BCUT2D eigenvalue weighted by Crippen LogP contribution is -2.51. The van der Waals surface area contributed by atoms with Crippen LogP contribution >= 0.6 is 0 Å². The lowest BCUT2D eigenvalue weighted by Gasteiger charge is -2.34. The van der Waals surface area contributed by atoms with Crippen LogP contribution in [0.5, 0.6) is 0 Å². The van der Waals surface area contributed by atoms with Gasteiger partial charge in [-0.15, -0.1) is 0 Å². The van der Waals surface area contributed by atoms with Gasteiger partial charge in [0, 0.05) is 26.2 Å². The predicted molar refractivity (Wildman–Crippen MR) is 111 cm³/mol. The third kappa shape index (κ3) is 4.32. The van der Waals surface area contributed by atoms with Crippen molar-refractivity contribution in [1.29, 1.82) is 0 Å². The number of amides is 1. The zero-order valence-electron chi connectivity index (χ0n) is 17.3. The molecule has 0 aliphatic carbocycles. The van der Waals surface area contributed by atoms with Gasteiger partial charge in [-0.25, -0.2) is 12.8 Å². The molecule has 3 rings (SSSR count). The summed E-state index contributed by atoms with van der Waals surface area (Å²) in [7, 11) is -2.02. The lowest BCUT2D eigenvalue weighted by molar-refractivity contribution is -0.139. The van der Waals surface area contributed by atoms with E-state index >= 15 is 0 Å². The van der Waals surface area contributed by atoms with Gasteiger partial charge in [-0.3, -0.25) is 9.59 Å². The molecular formula is C21H25FN2O5S. The van der Waals surface area contributed by atoms with Crippen molar-refractivity contribution < 1.29 is 27.1 Å². The zero-order valence-corrected chi connectivity index (χ0v) is 18.1. The molecule has 0 bridgehead atoms. The first kappa shape index (κ1) is 22.2. The van der Waals surface area contributed by atoms with E-state index in [0.29, 0.717) is 27.5 Å². The maximum absolute atomic E-state index is 14.0. The molecule has 1 amide bonds. The second kappa shape index (κ2) is 8.69. The number of hydrogen-bond acceptors (Lipinski definition) is 5. The first-order valence-corrected chi connectivity index (χ1v) is 11.3. The second-order valence-electron chi connectivity index (χ2n) is 7.25. The van der Waals surface area contributed by atoms with Gasteiger partial charge in [0.25, 0.3) is 5.91 Å². The van der Waals surface area contributed by atoms with Crippen molar-refractivity contribution in [1.82, 2.24) is 9.21 Å². The second-order valence-corrected chi connectivity index (χ2v) is 9.50. The van der Waals surface area contributed by atoms with E-state index in [9.17, 15) is 22.4 Å². The number of halogens is 1. The van der Waals surface area contributed by atoms with Gasteiger partial charge in [0.2, 0.25) is 10.0 Å². The van der Waals surface area contributed by atoms with E-state index in [1.807, 2.05) is 0 Å². The highest BCUT2D eigenvalue weighted by Gasteiger charge is 2.30. The van der Waals surface area contributed by atoms with Gasteiger partial charge in [-0.1, -0.05) is 12.1 Å². The minimum absolute atomic E-state index is 0.00154. The summed E-state index contributed by atoms with van der Waals surface area (Å²) in [4.78, 5) is 26.8. The van der Waals surface area contributed by atoms with E-state index < -0.39 is 21.8 Å². The summed E-state index contributed by atoms with van der Waals surface area (Å²) in [6, 6.07) is 5.97. The summed E-state index contributed by atoms with van der Waals surface area (Å²) in [6.45, 7) is 4.24. The molecule has 1 aliphatic rings. The summed E-state index contributed by atoms with van der Waals surface area (Å²) in [6.07, 6.45) is -0.00154. The molecule has 1 heterocycles. The van der Waals surface area contributed by atoms with Gasteiger partial charge in [0.05, 0.1) is 24.8 Å². The van der Waals surface area contributed by atoms with E-state index in [-0.39, 0.29) is 44.3 Å². The van der Waals surface area contributed by atoms with Crippen molar-refractivity contribution in [3.05, 3.63) is 46.8 Å². The van der Waals surface area contributed by atoms with Crippen LogP contribution in [0, 0.1) is 12.7 Å². The van der Waals surface area contributed by atoms with E-state index in [0.717, 1.165) is 0 Å². The molecule has 30 heavy (non-hydrogen) atoms. The molecule has 1 aliphatic heterocycles. The quantitative estimate of drug-likeness (QED) is 0.671. The van der Waals surface area contributed by atoms with E-state index in [1.165, 1.54) is 23.5 Å². The molecule has 0 aromatic heterocycles. The Kier molecular flexibility index (Phi) is 6.42. The van der Waals surface area contributed by atoms with Crippen molar-refractivity contribution in [2.45, 2.75) is 20.3 Å². The highest BCUT2D eigenvalue weighted by molar-refractivity contribution is 7.89. The minimum Gasteiger partial charge on any atom is -0.469 e. The fourth-order valence-electron chi connectivity index (χ4n) is 3.73. The topological polar surface area (TPSA) is 84.0 Å². The summed E-state index contributed by atoms with van der Waals surface area (Å²) in [5, 5.41) is 1.12. The predicted octanol–water partition coefficient (Wildman–Crippen LogP) is 2.11. The van der Waals surface area contributed by atoms with Crippen LogP contribution in [0.2, 0.25) is 0 Å². The number of hydrogen-bond donors (Lipinski definition) is 0. The fraction of sp³-hybridized carbons (Fsp3) is 0.429. The number of methoxy groups -OCH3 is 1. The normalized spacial score (nSPS) is 15.4. The number of nitrogens with zero attached hydrogens (tertiary/aromatic N) is 2. The fourth-order valence-corrected chi connectivity index (χ4v) is 4.81. The molecule has 0 N–H and O–H groups in total. The molecular weight excluding hydrogens is 411 g/mol. The Morgan fingerprint density at radius 1 is 1.13 bits per heavy atom. The Balaban J connectivity index is 1.99. The van der Waals surface area contributed by atoms with Crippen molar-refractivity contribution in [2.75, 3.05) is 39.0 Å². The number of ether oxygens (including phenoxy) is 1. The summed E-state index contributed by atoms with van der Waals surface area (Å²) < 4.78 is 44.3. The highest BCUT2D eigenvalue weighted by atomic mass is 32.2. The Bertz CT molecular complexity index is 1090. The average molecular weight is 437 g/mol. The molecule has 0 saturated carbocycles. The number of piperazine rings is 1. The van der Waals surface area contributed by atoms with E-state index in [2.05, 4.69) is 0 Å². The Labute approximate surface area is 175 Å². The molecule has 7 nitrogen and oxygen atoms in total. The van der Waals surface area contributed by atoms with Gasteiger partial charge in [-0.2, -0.15) is 4.31 Å². The number of carbonyl (C=O) groups is 2. The molecule has 2 aromatic carbocycles. The largest absolute Gasteiger partial charge is 0.469 e.